The van der Waals surface area contributed by atoms with Gasteiger partial charge in [0.1, 0.15) is 0 Å². The highest BCUT2D eigenvalue weighted by Crippen LogP contribution is 2.28. The van der Waals surface area contributed by atoms with E-state index >= 15 is 0 Å². The summed E-state index contributed by atoms with van der Waals surface area (Å²) < 4.78 is 0. The maximum absolute atomic E-state index is 13.7. The molecule has 0 radical (unpaired) electrons. The van der Waals surface area contributed by atoms with Crippen LogP contribution in [0.3, 0.4) is 0 Å². The molecule has 3 heteroatoms. The lowest BCUT2D eigenvalue weighted by Crippen LogP contribution is -2.39. The predicted molar refractivity (Wildman–Crippen MR) is 135 cm³/mol. The molecule has 0 bridgehead atoms. The molecule has 1 saturated heterocycles. The number of likely N-dealkylation sites (tertiary alicyclic amines) is 1. The van der Waals surface area contributed by atoms with E-state index in [2.05, 4.69) is 61.5 Å². The Kier molecular flexibility index (Phi) is 6.21. The molecule has 5 rings (SSSR count). The van der Waals surface area contributed by atoms with E-state index in [1.165, 1.54) is 11.1 Å². The number of aromatic nitrogens is 1. The highest BCUT2D eigenvalue weighted by molar-refractivity contribution is 6.07. The summed E-state index contributed by atoms with van der Waals surface area (Å²) >= 11 is 0. The number of pyridine rings is 1. The van der Waals surface area contributed by atoms with Crippen LogP contribution in [0.25, 0.3) is 22.2 Å². The van der Waals surface area contributed by atoms with Crippen molar-refractivity contribution >= 4 is 16.8 Å². The third-order valence-corrected chi connectivity index (χ3v) is 6.87. The summed E-state index contributed by atoms with van der Waals surface area (Å²) in [5, 5.41) is 0.933. The Bertz CT molecular complexity index is 1240. The van der Waals surface area contributed by atoms with E-state index in [-0.39, 0.29) is 5.91 Å². The van der Waals surface area contributed by atoms with Crippen molar-refractivity contribution in [1.82, 2.24) is 9.88 Å². The predicted octanol–water partition coefficient (Wildman–Crippen LogP) is 6.56. The number of nitrogens with zero attached hydrogens (tertiary/aromatic N) is 2. The Morgan fingerprint density at radius 3 is 2.30 bits per heavy atom. The van der Waals surface area contributed by atoms with Gasteiger partial charge in [-0.05, 0) is 54.9 Å². The van der Waals surface area contributed by atoms with Crippen molar-refractivity contribution in [2.45, 2.75) is 32.6 Å². The Labute approximate surface area is 196 Å². The number of rotatable bonds is 5. The summed E-state index contributed by atoms with van der Waals surface area (Å²) in [7, 11) is 0. The van der Waals surface area contributed by atoms with Gasteiger partial charge in [-0.3, -0.25) is 4.79 Å². The molecule has 0 N–H and O–H groups in total. The van der Waals surface area contributed by atoms with E-state index in [9.17, 15) is 4.79 Å². The maximum Gasteiger partial charge on any atom is 0.254 e. The second-order valence-corrected chi connectivity index (χ2v) is 9.05. The summed E-state index contributed by atoms with van der Waals surface area (Å²) in [5.74, 6) is 0.761. The third kappa shape index (κ3) is 4.68. The molecule has 1 aliphatic rings. The van der Waals surface area contributed by atoms with Gasteiger partial charge in [0.05, 0.1) is 16.8 Å². The largest absolute Gasteiger partial charge is 0.339 e. The molecule has 1 amide bonds. The first-order valence-corrected chi connectivity index (χ1v) is 12.0. The van der Waals surface area contributed by atoms with Gasteiger partial charge in [-0.1, -0.05) is 79.7 Å². The van der Waals surface area contributed by atoms with Gasteiger partial charge in [0.25, 0.3) is 5.91 Å². The number of fused-ring (bicyclic) bond motifs is 1. The first kappa shape index (κ1) is 21.4. The van der Waals surface area contributed by atoms with E-state index in [0.717, 1.165) is 66.5 Å². The van der Waals surface area contributed by atoms with Gasteiger partial charge >= 0.3 is 0 Å². The SMILES string of the molecule is CCc1ccc(-c2cc(C(=O)N3CCC(Cc4ccccc4)CC3)c3ccccc3n2)cc1. The first-order chi connectivity index (χ1) is 16.2. The molecule has 3 aromatic carbocycles. The fourth-order valence-electron chi connectivity index (χ4n) is 4.87. The van der Waals surface area contributed by atoms with E-state index in [1.54, 1.807) is 0 Å². The number of aryl methyl sites for hydroxylation is 1. The molecule has 0 aliphatic carbocycles. The normalized spacial score (nSPS) is 14.5. The highest BCUT2D eigenvalue weighted by atomic mass is 16.2. The van der Waals surface area contributed by atoms with Gasteiger partial charge in [0, 0.05) is 24.0 Å². The molecule has 4 aromatic rings. The summed E-state index contributed by atoms with van der Waals surface area (Å²) in [6.07, 6.45) is 4.21. The van der Waals surface area contributed by atoms with Crippen LogP contribution < -0.4 is 0 Å². The number of benzene rings is 3. The number of para-hydroxylation sites is 1. The molecule has 2 heterocycles. The summed E-state index contributed by atoms with van der Waals surface area (Å²) in [6, 6.07) is 29.2. The number of piperidine rings is 1. The van der Waals surface area contributed by atoms with Crippen molar-refractivity contribution in [1.29, 1.82) is 0 Å². The van der Waals surface area contributed by atoms with Crippen molar-refractivity contribution in [2.24, 2.45) is 5.92 Å². The van der Waals surface area contributed by atoms with Crippen molar-refractivity contribution in [3.8, 4) is 11.3 Å². The van der Waals surface area contributed by atoms with Crippen molar-refractivity contribution < 1.29 is 4.79 Å². The number of amides is 1. The summed E-state index contributed by atoms with van der Waals surface area (Å²) in [6.45, 7) is 3.78. The monoisotopic (exact) mass is 434 g/mol. The van der Waals surface area contributed by atoms with Gasteiger partial charge in [-0.25, -0.2) is 4.98 Å². The van der Waals surface area contributed by atoms with Gasteiger partial charge in [-0.15, -0.1) is 0 Å². The Morgan fingerprint density at radius 2 is 1.58 bits per heavy atom. The molecule has 3 nitrogen and oxygen atoms in total. The minimum absolute atomic E-state index is 0.123. The van der Waals surface area contributed by atoms with Gasteiger partial charge in [0.2, 0.25) is 0 Å². The molecular formula is C30H30N2O. The lowest BCUT2D eigenvalue weighted by molar-refractivity contribution is 0.0692. The number of carbonyl (C=O) groups excluding carboxylic acids is 1. The van der Waals surface area contributed by atoms with Crippen molar-refractivity contribution in [3.05, 3.63) is 102 Å². The fraction of sp³-hybridized carbons (Fsp3) is 0.267. The molecule has 1 aromatic heterocycles. The average molecular weight is 435 g/mol. The smallest absolute Gasteiger partial charge is 0.254 e. The quantitative estimate of drug-likeness (QED) is 0.356. The molecule has 1 aliphatic heterocycles. The van der Waals surface area contributed by atoms with Gasteiger partial charge in [-0.2, -0.15) is 0 Å². The maximum atomic E-state index is 13.7. The Morgan fingerprint density at radius 1 is 0.879 bits per heavy atom. The molecule has 0 unspecified atom stereocenters. The minimum atomic E-state index is 0.123. The molecule has 33 heavy (non-hydrogen) atoms. The van der Waals surface area contributed by atoms with Crippen LogP contribution in [0.15, 0.2) is 84.9 Å². The number of carbonyl (C=O) groups is 1. The zero-order valence-electron chi connectivity index (χ0n) is 19.2. The van der Waals surface area contributed by atoms with Crippen LogP contribution in [-0.2, 0) is 12.8 Å². The van der Waals surface area contributed by atoms with Crippen LogP contribution in [-0.4, -0.2) is 28.9 Å². The van der Waals surface area contributed by atoms with Crippen molar-refractivity contribution in [2.75, 3.05) is 13.1 Å². The molecule has 0 atom stereocenters. The Hall–Kier alpha value is -3.46. The molecular weight excluding hydrogens is 404 g/mol. The van der Waals surface area contributed by atoms with Crippen LogP contribution in [0.1, 0.15) is 41.3 Å². The molecule has 0 saturated carbocycles. The molecule has 0 spiro atoms. The zero-order valence-corrected chi connectivity index (χ0v) is 19.2. The third-order valence-electron chi connectivity index (χ3n) is 6.87. The topological polar surface area (TPSA) is 33.2 Å². The number of hydrogen-bond acceptors (Lipinski definition) is 2. The molecule has 166 valence electrons. The zero-order chi connectivity index (χ0) is 22.6. The standard InChI is InChI=1S/C30H30N2O/c1-2-22-12-14-25(15-13-22)29-21-27(26-10-6-7-11-28(26)31-29)30(33)32-18-16-24(17-19-32)20-23-8-4-3-5-9-23/h3-15,21,24H,2,16-20H2,1H3. The van der Waals surface area contributed by atoms with Crippen LogP contribution in [0.5, 0.6) is 0 Å². The average Bonchev–Trinajstić information content (AvgIpc) is 2.89. The second-order valence-electron chi connectivity index (χ2n) is 9.05. The van der Waals surface area contributed by atoms with E-state index in [4.69, 9.17) is 4.98 Å². The van der Waals surface area contributed by atoms with E-state index < -0.39 is 0 Å². The highest BCUT2D eigenvalue weighted by Gasteiger charge is 2.25. The second kappa shape index (κ2) is 9.58. The van der Waals surface area contributed by atoms with Gasteiger partial charge < -0.3 is 4.90 Å². The van der Waals surface area contributed by atoms with E-state index in [1.807, 2.05) is 35.2 Å². The first-order valence-electron chi connectivity index (χ1n) is 12.0. The van der Waals surface area contributed by atoms with Gasteiger partial charge in [0.15, 0.2) is 0 Å². The van der Waals surface area contributed by atoms with Crippen molar-refractivity contribution in [3.63, 3.8) is 0 Å². The Balaban J connectivity index is 1.38. The lowest BCUT2D eigenvalue weighted by Gasteiger charge is -2.32. The van der Waals surface area contributed by atoms with E-state index in [0.29, 0.717) is 5.92 Å². The van der Waals surface area contributed by atoms with Crippen LogP contribution in [0.4, 0.5) is 0 Å². The lowest BCUT2D eigenvalue weighted by atomic mass is 9.90. The summed E-state index contributed by atoms with van der Waals surface area (Å²) in [5.41, 5.74) is 6.23. The number of hydrogen-bond donors (Lipinski definition) is 0. The minimum Gasteiger partial charge on any atom is -0.339 e. The van der Waals surface area contributed by atoms with Crippen LogP contribution in [0.2, 0.25) is 0 Å². The molecule has 1 fully saturated rings. The fourth-order valence-corrected chi connectivity index (χ4v) is 4.87. The van der Waals surface area contributed by atoms with Crippen LogP contribution in [0, 0.1) is 5.92 Å². The summed E-state index contributed by atoms with van der Waals surface area (Å²) in [4.78, 5) is 20.6. The van der Waals surface area contributed by atoms with Crippen LogP contribution >= 0.6 is 0 Å².